The lowest BCUT2D eigenvalue weighted by molar-refractivity contribution is -0.358. The Morgan fingerprint density at radius 3 is 1.95 bits per heavy atom. The van der Waals surface area contributed by atoms with Crippen LogP contribution in [-0.2, 0) is 0 Å². The Kier molecular flexibility index (Phi) is 4.60. The Morgan fingerprint density at radius 1 is 1.00 bits per heavy atom. The average Bonchev–Trinajstić information content (AvgIpc) is 2.26. The molecule has 114 valence electrons. The predicted octanol–water partition coefficient (Wildman–Crippen LogP) is 4.60. The summed E-state index contributed by atoms with van der Waals surface area (Å²) in [5.74, 6) is -11.7. The van der Waals surface area contributed by atoms with E-state index in [-0.39, 0.29) is 10.6 Å². The van der Waals surface area contributed by atoms with Gasteiger partial charge in [0.25, 0.3) is 0 Å². The zero-order valence-electron chi connectivity index (χ0n) is 9.56. The number of benzene rings is 1. The van der Waals surface area contributed by atoms with Crippen LogP contribution >= 0.6 is 11.6 Å². The van der Waals surface area contributed by atoms with Gasteiger partial charge in [-0.1, -0.05) is 29.8 Å². The predicted molar refractivity (Wildman–Crippen MR) is 57.0 cm³/mol. The average molecular weight is 325 g/mol. The second kappa shape index (κ2) is 5.40. The highest BCUT2D eigenvalue weighted by Gasteiger charge is 2.72. The van der Waals surface area contributed by atoms with Crippen LogP contribution in [0.3, 0.4) is 0 Å². The van der Waals surface area contributed by atoms with E-state index in [0.29, 0.717) is 0 Å². The normalized spacial score (nSPS) is 15.2. The summed E-state index contributed by atoms with van der Waals surface area (Å²) in [6, 6.07) is 4.88. The van der Waals surface area contributed by atoms with Gasteiger partial charge in [-0.15, -0.1) is 0 Å². The minimum atomic E-state index is -6.42. The van der Waals surface area contributed by atoms with E-state index >= 15 is 0 Å². The molecule has 1 aromatic carbocycles. The Balaban J connectivity index is 3.00. The number of hydrogen-bond acceptors (Lipinski definition) is 1. The number of rotatable bonds is 4. The van der Waals surface area contributed by atoms with Crippen LogP contribution in [-0.4, -0.2) is 23.1 Å². The number of halogens is 8. The summed E-state index contributed by atoms with van der Waals surface area (Å²) in [6.45, 7) is 0. The Hall–Kier alpha value is -1.02. The van der Waals surface area contributed by atoms with Gasteiger partial charge in [-0.2, -0.15) is 30.7 Å². The molecular formula is C11H8ClF7O. The number of hydrogen-bond donors (Lipinski definition) is 1. The van der Waals surface area contributed by atoms with Crippen molar-refractivity contribution in [2.45, 2.75) is 30.5 Å². The van der Waals surface area contributed by atoms with Gasteiger partial charge in [0.05, 0.1) is 6.10 Å². The summed E-state index contributed by atoms with van der Waals surface area (Å²) >= 11 is 5.54. The SMILES string of the molecule is OC(CC(F)(F)C(F)(F)C(F)(F)F)c1ccccc1Cl. The van der Waals surface area contributed by atoms with E-state index in [1.165, 1.54) is 18.2 Å². The van der Waals surface area contributed by atoms with Gasteiger partial charge in [0, 0.05) is 11.4 Å². The smallest absolute Gasteiger partial charge is 0.388 e. The van der Waals surface area contributed by atoms with Gasteiger partial charge in [0.15, 0.2) is 0 Å². The molecule has 1 nitrogen and oxygen atoms in total. The molecule has 1 rings (SSSR count). The maximum absolute atomic E-state index is 13.1. The van der Waals surface area contributed by atoms with Crippen molar-refractivity contribution in [3.05, 3.63) is 34.9 Å². The zero-order chi connectivity index (χ0) is 15.8. The van der Waals surface area contributed by atoms with Crippen LogP contribution in [0.15, 0.2) is 24.3 Å². The highest BCUT2D eigenvalue weighted by Crippen LogP contribution is 2.50. The van der Waals surface area contributed by atoms with Crippen molar-refractivity contribution in [1.29, 1.82) is 0 Å². The van der Waals surface area contributed by atoms with Gasteiger partial charge in [-0.3, -0.25) is 0 Å². The van der Waals surface area contributed by atoms with Crippen LogP contribution in [0.25, 0.3) is 0 Å². The van der Waals surface area contributed by atoms with Gasteiger partial charge in [0.1, 0.15) is 0 Å². The maximum atomic E-state index is 13.1. The largest absolute Gasteiger partial charge is 0.459 e. The van der Waals surface area contributed by atoms with E-state index in [4.69, 9.17) is 11.6 Å². The van der Waals surface area contributed by atoms with E-state index in [9.17, 15) is 35.8 Å². The second-order valence-corrected chi connectivity index (χ2v) is 4.43. The van der Waals surface area contributed by atoms with Crippen LogP contribution in [0.4, 0.5) is 30.7 Å². The van der Waals surface area contributed by atoms with Crippen LogP contribution in [0, 0.1) is 0 Å². The van der Waals surface area contributed by atoms with E-state index in [1.54, 1.807) is 0 Å². The fourth-order valence-corrected chi connectivity index (χ4v) is 1.70. The minimum Gasteiger partial charge on any atom is -0.388 e. The zero-order valence-corrected chi connectivity index (χ0v) is 10.3. The molecule has 0 heterocycles. The van der Waals surface area contributed by atoms with Crippen molar-refractivity contribution in [3.8, 4) is 0 Å². The van der Waals surface area contributed by atoms with Crippen LogP contribution in [0.1, 0.15) is 18.1 Å². The molecule has 9 heteroatoms. The molecule has 0 radical (unpaired) electrons. The van der Waals surface area contributed by atoms with E-state index < -0.39 is 30.5 Å². The molecule has 1 atom stereocenters. The third kappa shape index (κ3) is 3.17. The van der Waals surface area contributed by atoms with Crippen molar-refractivity contribution in [3.63, 3.8) is 0 Å². The minimum absolute atomic E-state index is 0.217. The molecule has 0 aliphatic heterocycles. The van der Waals surface area contributed by atoms with Crippen LogP contribution in [0.2, 0.25) is 5.02 Å². The van der Waals surface area contributed by atoms with Crippen molar-refractivity contribution in [2.24, 2.45) is 0 Å². The quantitative estimate of drug-likeness (QED) is 0.803. The Bertz CT molecular complexity index is 472. The van der Waals surface area contributed by atoms with Crippen LogP contribution in [0.5, 0.6) is 0 Å². The maximum Gasteiger partial charge on any atom is 0.459 e. The topological polar surface area (TPSA) is 20.2 Å². The molecule has 0 aromatic heterocycles. The fourth-order valence-electron chi connectivity index (χ4n) is 1.43. The first-order valence-corrected chi connectivity index (χ1v) is 5.53. The second-order valence-electron chi connectivity index (χ2n) is 4.02. The van der Waals surface area contributed by atoms with E-state index in [2.05, 4.69) is 0 Å². The van der Waals surface area contributed by atoms with Gasteiger partial charge < -0.3 is 5.11 Å². The summed E-state index contributed by atoms with van der Waals surface area (Å²) in [5, 5.41) is 9.18. The molecule has 0 saturated heterocycles. The van der Waals surface area contributed by atoms with Crippen molar-refractivity contribution < 1.29 is 35.8 Å². The highest BCUT2D eigenvalue weighted by atomic mass is 35.5. The lowest BCUT2D eigenvalue weighted by atomic mass is 9.99. The number of alkyl halides is 7. The van der Waals surface area contributed by atoms with E-state index in [0.717, 1.165) is 6.07 Å². The molecule has 0 aliphatic carbocycles. The Morgan fingerprint density at radius 2 is 1.50 bits per heavy atom. The molecule has 0 bridgehead atoms. The third-order valence-corrected chi connectivity index (χ3v) is 2.87. The van der Waals surface area contributed by atoms with Gasteiger partial charge in [-0.25, -0.2) is 0 Å². The Labute approximate surface area is 114 Å². The molecule has 20 heavy (non-hydrogen) atoms. The number of aliphatic hydroxyl groups is 1. The summed E-state index contributed by atoms with van der Waals surface area (Å²) in [6.07, 6.45) is -10.8. The highest BCUT2D eigenvalue weighted by molar-refractivity contribution is 6.31. The summed E-state index contributed by atoms with van der Waals surface area (Å²) in [7, 11) is 0. The van der Waals surface area contributed by atoms with Gasteiger partial charge in [-0.05, 0) is 11.6 Å². The molecule has 0 aliphatic rings. The summed E-state index contributed by atoms with van der Waals surface area (Å²) in [4.78, 5) is 0. The van der Waals surface area contributed by atoms with E-state index in [1.807, 2.05) is 0 Å². The van der Waals surface area contributed by atoms with Crippen molar-refractivity contribution in [2.75, 3.05) is 0 Å². The van der Waals surface area contributed by atoms with Gasteiger partial charge in [0.2, 0.25) is 0 Å². The lowest BCUT2D eigenvalue weighted by Crippen LogP contribution is -2.52. The first-order valence-electron chi connectivity index (χ1n) is 5.15. The first-order chi connectivity index (χ1) is 8.90. The molecule has 1 N–H and O–H groups in total. The summed E-state index contributed by atoms with van der Waals surface area (Å²) in [5.41, 5.74) is -0.355. The standard InChI is InChI=1S/C11H8ClF7O/c12-7-4-2-1-3-6(7)8(20)5-9(13,14)10(15,16)11(17,18)19/h1-4,8,20H,5H2. The molecule has 1 aromatic rings. The molecule has 0 fully saturated rings. The third-order valence-electron chi connectivity index (χ3n) is 2.53. The van der Waals surface area contributed by atoms with Crippen LogP contribution < -0.4 is 0 Å². The lowest BCUT2D eigenvalue weighted by Gasteiger charge is -2.29. The number of aliphatic hydroxyl groups excluding tert-OH is 1. The molecule has 0 amide bonds. The monoisotopic (exact) mass is 324 g/mol. The van der Waals surface area contributed by atoms with Crippen molar-refractivity contribution >= 4 is 11.6 Å². The van der Waals surface area contributed by atoms with Gasteiger partial charge >= 0.3 is 18.0 Å². The fraction of sp³-hybridized carbons (Fsp3) is 0.455. The molecule has 1 unspecified atom stereocenters. The first kappa shape index (κ1) is 17.0. The molecule has 0 spiro atoms. The molecule has 0 saturated carbocycles. The summed E-state index contributed by atoms with van der Waals surface area (Å²) < 4.78 is 87.3. The van der Waals surface area contributed by atoms with Crippen molar-refractivity contribution in [1.82, 2.24) is 0 Å². The molecular weight excluding hydrogens is 317 g/mol.